The van der Waals surface area contributed by atoms with Gasteiger partial charge in [-0.1, -0.05) is 0 Å². The van der Waals surface area contributed by atoms with E-state index in [1.807, 2.05) is 0 Å². The van der Waals surface area contributed by atoms with E-state index in [1.54, 1.807) is 0 Å². The van der Waals surface area contributed by atoms with E-state index in [0.717, 1.165) is 12.5 Å². The molecule has 2 rings (SSSR count). The molecule has 2 aliphatic rings. The lowest BCUT2D eigenvalue weighted by molar-refractivity contribution is -0.272. The molecular formula is C10H18O8S2. The first-order valence-corrected chi connectivity index (χ1v) is 9.77. The van der Waals surface area contributed by atoms with E-state index >= 15 is 0 Å². The van der Waals surface area contributed by atoms with Gasteiger partial charge < -0.3 is 9.47 Å². The van der Waals surface area contributed by atoms with Gasteiger partial charge in [0.2, 0.25) is 0 Å². The minimum absolute atomic E-state index is 0.205. The van der Waals surface area contributed by atoms with Crippen molar-refractivity contribution in [3.8, 4) is 0 Å². The molecule has 1 aliphatic carbocycles. The Morgan fingerprint density at radius 3 is 1.95 bits per heavy atom. The summed E-state index contributed by atoms with van der Waals surface area (Å²) in [5.41, 5.74) is 0. The standard InChI is InChI=1S/C10H18O8S2/c1-19(11,12)15-6-10-16-7-3-8(17-10)5-9(4-7)18-20(2,13)14/h7-10H,3-6H2,1-2H3/t7-,8+,9?,10?. The van der Waals surface area contributed by atoms with Crippen molar-refractivity contribution in [1.29, 1.82) is 0 Å². The van der Waals surface area contributed by atoms with Gasteiger partial charge in [0.25, 0.3) is 20.2 Å². The van der Waals surface area contributed by atoms with Crippen LogP contribution >= 0.6 is 0 Å². The van der Waals surface area contributed by atoms with Crippen molar-refractivity contribution in [2.75, 3.05) is 19.1 Å². The summed E-state index contributed by atoms with van der Waals surface area (Å²) < 4.78 is 64.6. The second kappa shape index (κ2) is 5.85. The fraction of sp³-hybridized carbons (Fsp3) is 1.00. The summed E-state index contributed by atoms with van der Waals surface area (Å²) in [7, 11) is -7.06. The Bertz CT molecular complexity index is 526. The van der Waals surface area contributed by atoms with Crippen LogP contribution in [0.25, 0.3) is 0 Å². The van der Waals surface area contributed by atoms with Crippen molar-refractivity contribution in [2.45, 2.75) is 43.9 Å². The van der Waals surface area contributed by atoms with E-state index in [2.05, 4.69) is 4.18 Å². The lowest BCUT2D eigenvalue weighted by Crippen LogP contribution is -2.48. The van der Waals surface area contributed by atoms with Gasteiger partial charge in [-0.2, -0.15) is 16.8 Å². The molecule has 1 saturated heterocycles. The molecule has 1 heterocycles. The number of rotatable bonds is 5. The maximum absolute atomic E-state index is 11.1. The van der Waals surface area contributed by atoms with Gasteiger partial charge >= 0.3 is 0 Å². The predicted molar refractivity (Wildman–Crippen MR) is 67.9 cm³/mol. The minimum atomic E-state index is -3.55. The van der Waals surface area contributed by atoms with Crippen LogP contribution in [0, 0.1) is 0 Å². The van der Waals surface area contributed by atoms with Crippen molar-refractivity contribution >= 4 is 20.2 Å². The molecule has 4 atom stereocenters. The second-order valence-corrected chi connectivity index (χ2v) is 8.31. The van der Waals surface area contributed by atoms with Gasteiger partial charge in [-0.05, 0) is 0 Å². The summed E-state index contributed by atoms with van der Waals surface area (Å²) in [6, 6.07) is 0. The van der Waals surface area contributed by atoms with Gasteiger partial charge in [0, 0.05) is 19.3 Å². The number of hydrogen-bond donors (Lipinski definition) is 0. The van der Waals surface area contributed by atoms with Gasteiger partial charge in [-0.25, -0.2) is 0 Å². The Labute approximate surface area is 118 Å². The van der Waals surface area contributed by atoms with Gasteiger partial charge in [-0.3, -0.25) is 8.37 Å². The molecule has 0 radical (unpaired) electrons. The van der Waals surface area contributed by atoms with E-state index in [4.69, 9.17) is 13.7 Å². The molecule has 0 amide bonds. The lowest BCUT2D eigenvalue weighted by Gasteiger charge is -2.41. The van der Waals surface area contributed by atoms with E-state index in [0.29, 0.717) is 19.3 Å². The summed E-state index contributed by atoms with van der Waals surface area (Å²) in [6.07, 6.45) is 1.79. The highest BCUT2D eigenvalue weighted by Crippen LogP contribution is 2.32. The highest BCUT2D eigenvalue weighted by atomic mass is 32.2. The normalized spacial score (nSPS) is 34.9. The third kappa shape index (κ3) is 5.26. The van der Waals surface area contributed by atoms with E-state index in [-0.39, 0.29) is 18.8 Å². The molecule has 0 aromatic rings. The van der Waals surface area contributed by atoms with Crippen LogP contribution in [0.2, 0.25) is 0 Å². The zero-order valence-electron chi connectivity index (χ0n) is 11.2. The molecule has 118 valence electrons. The molecule has 2 fully saturated rings. The maximum Gasteiger partial charge on any atom is 0.264 e. The quantitative estimate of drug-likeness (QED) is 0.627. The first-order valence-electron chi connectivity index (χ1n) is 6.14. The van der Waals surface area contributed by atoms with E-state index in [1.165, 1.54) is 0 Å². The number of hydrogen-bond acceptors (Lipinski definition) is 8. The third-order valence-electron chi connectivity index (χ3n) is 2.99. The molecule has 2 bridgehead atoms. The SMILES string of the molecule is CS(=O)(=O)OCC1O[C@@H]2CC(OS(C)(=O)=O)C[C@@H](C2)O1. The van der Waals surface area contributed by atoms with Crippen molar-refractivity contribution < 1.29 is 34.7 Å². The van der Waals surface area contributed by atoms with Gasteiger partial charge in [-0.15, -0.1) is 0 Å². The first kappa shape index (κ1) is 16.1. The molecular weight excluding hydrogens is 312 g/mol. The molecule has 2 unspecified atom stereocenters. The average Bonchev–Trinajstić information content (AvgIpc) is 2.21. The molecule has 8 nitrogen and oxygen atoms in total. The third-order valence-corrected chi connectivity index (χ3v) is 4.18. The summed E-state index contributed by atoms with van der Waals surface area (Å²) in [5.74, 6) is 0. The Morgan fingerprint density at radius 1 is 0.950 bits per heavy atom. The van der Waals surface area contributed by atoms with Crippen LogP contribution in [-0.2, 0) is 38.1 Å². The number of fused-ring (bicyclic) bond motifs is 2. The van der Waals surface area contributed by atoms with E-state index < -0.39 is 32.6 Å². The fourth-order valence-corrected chi connectivity index (χ4v) is 3.45. The highest BCUT2D eigenvalue weighted by Gasteiger charge is 2.39. The van der Waals surface area contributed by atoms with Crippen LogP contribution in [0.15, 0.2) is 0 Å². The topological polar surface area (TPSA) is 105 Å². The van der Waals surface area contributed by atoms with Crippen molar-refractivity contribution in [2.24, 2.45) is 0 Å². The zero-order chi connectivity index (χ0) is 15.0. The monoisotopic (exact) mass is 330 g/mol. The van der Waals surface area contributed by atoms with Gasteiger partial charge in [0.05, 0.1) is 30.8 Å². The Balaban J connectivity index is 1.88. The molecule has 1 saturated carbocycles. The van der Waals surface area contributed by atoms with Crippen LogP contribution in [0.3, 0.4) is 0 Å². The molecule has 1 aliphatic heterocycles. The fourth-order valence-electron chi connectivity index (χ4n) is 2.44. The Morgan fingerprint density at radius 2 is 1.50 bits per heavy atom. The van der Waals surface area contributed by atoms with Gasteiger partial charge in [0.15, 0.2) is 6.29 Å². The largest absolute Gasteiger partial charge is 0.347 e. The Hall–Kier alpha value is -0.260. The average molecular weight is 330 g/mol. The van der Waals surface area contributed by atoms with Crippen molar-refractivity contribution in [1.82, 2.24) is 0 Å². The molecule has 20 heavy (non-hydrogen) atoms. The molecule has 0 N–H and O–H groups in total. The van der Waals surface area contributed by atoms with Crippen molar-refractivity contribution in [3.05, 3.63) is 0 Å². The highest BCUT2D eigenvalue weighted by molar-refractivity contribution is 7.86. The van der Waals surface area contributed by atoms with Crippen LogP contribution in [0.4, 0.5) is 0 Å². The van der Waals surface area contributed by atoms with E-state index in [9.17, 15) is 16.8 Å². The molecule has 0 spiro atoms. The van der Waals surface area contributed by atoms with Gasteiger partial charge in [0.1, 0.15) is 6.61 Å². The first-order chi connectivity index (χ1) is 9.11. The summed E-state index contributed by atoms with van der Waals surface area (Å²) >= 11 is 0. The number of ether oxygens (including phenoxy) is 2. The maximum atomic E-state index is 11.1. The lowest BCUT2D eigenvalue weighted by atomic mass is 9.91. The van der Waals surface area contributed by atoms with Crippen LogP contribution in [0.5, 0.6) is 0 Å². The zero-order valence-corrected chi connectivity index (χ0v) is 12.9. The smallest absolute Gasteiger partial charge is 0.264 e. The molecule has 0 aromatic heterocycles. The van der Waals surface area contributed by atoms with Crippen LogP contribution in [-0.4, -0.2) is 60.6 Å². The van der Waals surface area contributed by atoms with Crippen LogP contribution < -0.4 is 0 Å². The van der Waals surface area contributed by atoms with Crippen LogP contribution in [0.1, 0.15) is 19.3 Å². The second-order valence-electron chi connectivity index (χ2n) is 5.06. The molecule has 0 aromatic carbocycles. The summed E-state index contributed by atoms with van der Waals surface area (Å²) in [4.78, 5) is 0. The Kier molecular flexibility index (Phi) is 4.72. The predicted octanol–water partition coefficient (Wildman–Crippen LogP) is -0.399. The molecule has 10 heteroatoms. The van der Waals surface area contributed by atoms with Crippen molar-refractivity contribution in [3.63, 3.8) is 0 Å². The minimum Gasteiger partial charge on any atom is -0.347 e. The summed E-state index contributed by atoms with van der Waals surface area (Å²) in [6.45, 7) is -0.205. The summed E-state index contributed by atoms with van der Waals surface area (Å²) in [5, 5.41) is 0.